The molecule has 3 aromatic rings. The largest absolute Gasteiger partial charge is 0.497 e. The zero-order chi connectivity index (χ0) is 17.1. The second kappa shape index (κ2) is 6.49. The number of ether oxygens (including phenoxy) is 1. The second-order valence-electron chi connectivity index (χ2n) is 4.96. The lowest BCUT2D eigenvalue weighted by Gasteiger charge is -2.08. The Morgan fingerprint density at radius 2 is 1.83 bits per heavy atom. The minimum absolute atomic E-state index is 0.00595. The molecular weight excluding hydrogens is 316 g/mol. The summed E-state index contributed by atoms with van der Waals surface area (Å²) >= 11 is 0. The standard InChI is InChI=1S/C17H13F2N3O2/c1-24-12-5-2-10(3-6-12)15-9-16(23)22-17(21-15)20-14-7-4-11(18)8-13(14)19/h2-9H,1H3,(H2,20,21,22,23). The smallest absolute Gasteiger partial charge is 0.252 e. The molecule has 2 N–H and O–H groups in total. The number of H-pyrrole nitrogens is 1. The van der Waals surface area contributed by atoms with Crippen molar-refractivity contribution in [2.75, 3.05) is 12.4 Å². The summed E-state index contributed by atoms with van der Waals surface area (Å²) < 4.78 is 31.7. The van der Waals surface area contributed by atoms with Crippen LogP contribution in [0.3, 0.4) is 0 Å². The molecular formula is C17H13F2N3O2. The monoisotopic (exact) mass is 329 g/mol. The molecule has 1 heterocycles. The summed E-state index contributed by atoms with van der Waals surface area (Å²) in [7, 11) is 1.56. The SMILES string of the molecule is COc1ccc(-c2cc(=O)[nH]c(Nc3ccc(F)cc3F)n2)cc1. The predicted molar refractivity (Wildman–Crippen MR) is 86.5 cm³/mol. The number of hydrogen-bond acceptors (Lipinski definition) is 4. The van der Waals surface area contributed by atoms with E-state index in [1.165, 1.54) is 12.1 Å². The van der Waals surface area contributed by atoms with Crippen LogP contribution in [-0.2, 0) is 0 Å². The van der Waals surface area contributed by atoms with Crippen LogP contribution in [0, 0.1) is 11.6 Å². The Hall–Kier alpha value is -3.22. The number of methoxy groups -OCH3 is 1. The molecule has 0 aliphatic heterocycles. The maximum Gasteiger partial charge on any atom is 0.252 e. The number of aromatic nitrogens is 2. The van der Waals surface area contributed by atoms with Gasteiger partial charge in [-0.2, -0.15) is 0 Å². The van der Waals surface area contributed by atoms with Gasteiger partial charge in [0.25, 0.3) is 5.56 Å². The van der Waals surface area contributed by atoms with E-state index in [0.29, 0.717) is 17.0 Å². The predicted octanol–water partition coefficient (Wildman–Crippen LogP) is 3.47. The maximum atomic E-state index is 13.7. The van der Waals surface area contributed by atoms with E-state index in [1.54, 1.807) is 31.4 Å². The molecule has 0 saturated heterocycles. The molecule has 0 aliphatic rings. The van der Waals surface area contributed by atoms with Crippen LogP contribution in [0.1, 0.15) is 0 Å². The Balaban J connectivity index is 1.95. The number of aromatic amines is 1. The number of nitrogens with zero attached hydrogens (tertiary/aromatic N) is 1. The van der Waals surface area contributed by atoms with Gasteiger partial charge >= 0.3 is 0 Å². The van der Waals surface area contributed by atoms with E-state index in [0.717, 1.165) is 12.1 Å². The summed E-state index contributed by atoms with van der Waals surface area (Å²) in [5.41, 5.74) is 0.711. The molecule has 0 unspecified atom stereocenters. The van der Waals surface area contributed by atoms with E-state index in [1.807, 2.05) is 0 Å². The normalized spacial score (nSPS) is 10.5. The van der Waals surface area contributed by atoms with E-state index < -0.39 is 17.2 Å². The Bertz CT molecular complexity index is 924. The first kappa shape index (κ1) is 15.7. The molecule has 1 aromatic heterocycles. The molecule has 0 radical (unpaired) electrons. The molecule has 7 heteroatoms. The highest BCUT2D eigenvalue weighted by Crippen LogP contribution is 2.22. The van der Waals surface area contributed by atoms with E-state index in [-0.39, 0.29) is 11.6 Å². The lowest BCUT2D eigenvalue weighted by atomic mass is 10.1. The zero-order valence-electron chi connectivity index (χ0n) is 12.6. The van der Waals surface area contributed by atoms with Crippen LogP contribution >= 0.6 is 0 Å². The fourth-order valence-corrected chi connectivity index (χ4v) is 2.14. The number of rotatable bonds is 4. The third-order valence-electron chi connectivity index (χ3n) is 3.31. The topological polar surface area (TPSA) is 67.0 Å². The van der Waals surface area contributed by atoms with Crippen LogP contribution in [0.5, 0.6) is 5.75 Å². The molecule has 24 heavy (non-hydrogen) atoms. The average Bonchev–Trinajstić information content (AvgIpc) is 2.57. The van der Waals surface area contributed by atoms with Crippen molar-refractivity contribution in [3.05, 3.63) is 70.5 Å². The van der Waals surface area contributed by atoms with Gasteiger partial charge in [0.15, 0.2) is 0 Å². The van der Waals surface area contributed by atoms with E-state index >= 15 is 0 Å². The van der Waals surface area contributed by atoms with Gasteiger partial charge in [0.1, 0.15) is 17.4 Å². The summed E-state index contributed by atoms with van der Waals surface area (Å²) in [5, 5.41) is 2.64. The van der Waals surface area contributed by atoms with Crippen molar-refractivity contribution in [2.45, 2.75) is 0 Å². The number of benzene rings is 2. The van der Waals surface area contributed by atoms with Crippen molar-refractivity contribution in [2.24, 2.45) is 0 Å². The number of anilines is 2. The van der Waals surface area contributed by atoms with Gasteiger partial charge in [-0.1, -0.05) is 0 Å². The third-order valence-corrected chi connectivity index (χ3v) is 3.31. The summed E-state index contributed by atoms with van der Waals surface area (Å²) in [6.07, 6.45) is 0. The zero-order valence-corrected chi connectivity index (χ0v) is 12.6. The van der Waals surface area contributed by atoms with Crippen molar-refractivity contribution >= 4 is 11.6 Å². The van der Waals surface area contributed by atoms with Gasteiger partial charge in [0, 0.05) is 17.7 Å². The van der Waals surface area contributed by atoms with Gasteiger partial charge in [0.2, 0.25) is 5.95 Å². The Labute approximate surface area is 136 Å². The Morgan fingerprint density at radius 3 is 2.50 bits per heavy atom. The molecule has 0 amide bonds. The average molecular weight is 329 g/mol. The second-order valence-corrected chi connectivity index (χ2v) is 4.96. The highest BCUT2D eigenvalue weighted by Gasteiger charge is 2.08. The maximum absolute atomic E-state index is 13.7. The van der Waals surface area contributed by atoms with Gasteiger partial charge in [-0.25, -0.2) is 13.8 Å². The fraction of sp³-hybridized carbons (Fsp3) is 0.0588. The van der Waals surface area contributed by atoms with Crippen LogP contribution < -0.4 is 15.6 Å². The van der Waals surface area contributed by atoms with Gasteiger partial charge < -0.3 is 10.1 Å². The van der Waals surface area contributed by atoms with Crippen molar-refractivity contribution in [1.29, 1.82) is 0 Å². The van der Waals surface area contributed by atoms with Crippen LogP contribution in [0.4, 0.5) is 20.4 Å². The van der Waals surface area contributed by atoms with Gasteiger partial charge in [-0.3, -0.25) is 9.78 Å². The van der Waals surface area contributed by atoms with Gasteiger partial charge in [-0.15, -0.1) is 0 Å². The van der Waals surface area contributed by atoms with Gasteiger partial charge in [0.05, 0.1) is 18.5 Å². The Kier molecular flexibility index (Phi) is 4.24. The molecule has 0 aliphatic carbocycles. The van der Waals surface area contributed by atoms with Crippen molar-refractivity contribution in [1.82, 2.24) is 9.97 Å². The molecule has 2 aromatic carbocycles. The summed E-state index contributed by atoms with van der Waals surface area (Å²) in [5.74, 6) is -0.742. The lowest BCUT2D eigenvalue weighted by molar-refractivity contribution is 0.415. The molecule has 3 rings (SSSR count). The first-order valence-electron chi connectivity index (χ1n) is 7.03. The molecule has 122 valence electrons. The number of halogens is 2. The molecule has 0 fully saturated rings. The summed E-state index contributed by atoms with van der Waals surface area (Å²) in [4.78, 5) is 18.5. The van der Waals surface area contributed by atoms with Crippen molar-refractivity contribution < 1.29 is 13.5 Å². The van der Waals surface area contributed by atoms with E-state index in [4.69, 9.17) is 4.74 Å². The van der Waals surface area contributed by atoms with Gasteiger partial charge in [-0.05, 0) is 36.4 Å². The number of nitrogens with one attached hydrogen (secondary N) is 2. The molecule has 0 saturated carbocycles. The summed E-state index contributed by atoms with van der Waals surface area (Å²) in [6.45, 7) is 0. The summed E-state index contributed by atoms with van der Waals surface area (Å²) in [6, 6.07) is 11.4. The molecule has 5 nitrogen and oxygen atoms in total. The van der Waals surface area contributed by atoms with Crippen molar-refractivity contribution in [3.8, 4) is 17.0 Å². The Morgan fingerprint density at radius 1 is 1.08 bits per heavy atom. The lowest BCUT2D eigenvalue weighted by Crippen LogP contribution is -2.11. The number of hydrogen-bond donors (Lipinski definition) is 2. The minimum Gasteiger partial charge on any atom is -0.497 e. The van der Waals surface area contributed by atoms with Crippen LogP contribution in [0.2, 0.25) is 0 Å². The minimum atomic E-state index is -0.785. The highest BCUT2D eigenvalue weighted by atomic mass is 19.1. The highest BCUT2D eigenvalue weighted by molar-refractivity contribution is 5.62. The van der Waals surface area contributed by atoms with E-state index in [2.05, 4.69) is 15.3 Å². The van der Waals surface area contributed by atoms with Crippen LogP contribution in [0.25, 0.3) is 11.3 Å². The van der Waals surface area contributed by atoms with Crippen molar-refractivity contribution in [3.63, 3.8) is 0 Å². The first-order chi connectivity index (χ1) is 11.5. The molecule has 0 atom stereocenters. The fourth-order valence-electron chi connectivity index (χ4n) is 2.14. The van der Waals surface area contributed by atoms with E-state index in [9.17, 15) is 13.6 Å². The van der Waals surface area contributed by atoms with Crippen LogP contribution in [-0.4, -0.2) is 17.1 Å². The first-order valence-corrected chi connectivity index (χ1v) is 7.03. The third kappa shape index (κ3) is 3.40. The molecule has 0 bridgehead atoms. The van der Waals surface area contributed by atoms with Crippen LogP contribution in [0.15, 0.2) is 53.3 Å². The quantitative estimate of drug-likeness (QED) is 0.769. The molecule has 0 spiro atoms.